The lowest BCUT2D eigenvalue weighted by Crippen LogP contribution is -2.31. The molecule has 0 saturated heterocycles. The normalized spacial score (nSPS) is 19.0. The van der Waals surface area contributed by atoms with Crippen molar-refractivity contribution in [1.29, 1.82) is 0 Å². The molecule has 0 amide bonds. The van der Waals surface area contributed by atoms with E-state index in [1.807, 2.05) is 55.4 Å². The number of hydrogen-bond acceptors (Lipinski definition) is 6. The third-order valence-corrected chi connectivity index (χ3v) is 5.86. The standard InChI is InChI=1S/C24H31N5O/c1-29(2)23-21-8-3-4-9-22(21)27-24(28-23)26-19-12-10-17(11-13-19)15-25-16-18-6-5-7-20(30)14-18/h3-9,14,17,19,25,30H,10-13,15-16H2,1-2H3,(H,26,27,28). The largest absolute Gasteiger partial charge is 0.508 e. The van der Waals surface area contributed by atoms with Gasteiger partial charge in [-0.05, 0) is 68.0 Å². The van der Waals surface area contributed by atoms with Crippen molar-refractivity contribution in [3.63, 3.8) is 0 Å². The summed E-state index contributed by atoms with van der Waals surface area (Å²) in [4.78, 5) is 11.6. The summed E-state index contributed by atoms with van der Waals surface area (Å²) in [6.45, 7) is 1.81. The maximum absolute atomic E-state index is 9.57. The van der Waals surface area contributed by atoms with Gasteiger partial charge in [0, 0.05) is 32.1 Å². The van der Waals surface area contributed by atoms with Gasteiger partial charge in [0.05, 0.1) is 5.52 Å². The Morgan fingerprint density at radius 3 is 2.57 bits per heavy atom. The fourth-order valence-electron chi connectivity index (χ4n) is 4.25. The van der Waals surface area contributed by atoms with Crippen molar-refractivity contribution in [3.05, 3.63) is 54.1 Å². The SMILES string of the molecule is CN(C)c1nc(NC2CCC(CNCc3cccc(O)c3)CC2)nc2ccccc12. The molecule has 1 saturated carbocycles. The van der Waals surface area contributed by atoms with Crippen LogP contribution in [0, 0.1) is 5.92 Å². The highest BCUT2D eigenvalue weighted by Crippen LogP contribution is 2.28. The molecule has 0 unspecified atom stereocenters. The van der Waals surface area contributed by atoms with Crippen LogP contribution in [0.2, 0.25) is 0 Å². The highest BCUT2D eigenvalue weighted by atomic mass is 16.3. The van der Waals surface area contributed by atoms with E-state index in [1.54, 1.807) is 6.07 Å². The molecule has 6 nitrogen and oxygen atoms in total. The molecule has 2 aromatic carbocycles. The van der Waals surface area contributed by atoms with Crippen molar-refractivity contribution in [1.82, 2.24) is 15.3 Å². The molecule has 0 atom stereocenters. The second kappa shape index (κ2) is 9.30. The van der Waals surface area contributed by atoms with Gasteiger partial charge in [-0.15, -0.1) is 0 Å². The number of hydrogen-bond donors (Lipinski definition) is 3. The molecule has 0 bridgehead atoms. The van der Waals surface area contributed by atoms with Gasteiger partial charge in [0.15, 0.2) is 0 Å². The topological polar surface area (TPSA) is 73.3 Å². The maximum atomic E-state index is 9.57. The number of phenolic OH excluding ortho intramolecular Hbond substituents is 1. The van der Waals surface area contributed by atoms with E-state index >= 15 is 0 Å². The molecule has 1 aliphatic rings. The quantitative estimate of drug-likeness (QED) is 0.548. The van der Waals surface area contributed by atoms with Gasteiger partial charge in [-0.1, -0.05) is 24.3 Å². The minimum absolute atomic E-state index is 0.328. The molecule has 0 spiro atoms. The van der Waals surface area contributed by atoms with Gasteiger partial charge in [-0.2, -0.15) is 4.98 Å². The minimum Gasteiger partial charge on any atom is -0.508 e. The molecule has 0 aliphatic heterocycles. The van der Waals surface area contributed by atoms with Crippen LogP contribution in [0.3, 0.4) is 0 Å². The van der Waals surface area contributed by atoms with Gasteiger partial charge in [-0.3, -0.25) is 0 Å². The van der Waals surface area contributed by atoms with E-state index in [-0.39, 0.29) is 0 Å². The molecule has 0 radical (unpaired) electrons. The number of benzene rings is 2. The van der Waals surface area contributed by atoms with Gasteiger partial charge >= 0.3 is 0 Å². The second-order valence-corrected chi connectivity index (χ2v) is 8.45. The smallest absolute Gasteiger partial charge is 0.225 e. The lowest BCUT2D eigenvalue weighted by Gasteiger charge is -2.29. The fraction of sp³-hybridized carbons (Fsp3) is 0.417. The van der Waals surface area contributed by atoms with Gasteiger partial charge < -0.3 is 20.6 Å². The first-order valence-electron chi connectivity index (χ1n) is 10.8. The van der Waals surface area contributed by atoms with E-state index in [0.29, 0.717) is 17.7 Å². The van der Waals surface area contributed by atoms with E-state index in [0.717, 1.165) is 54.2 Å². The Morgan fingerprint density at radius 1 is 1.00 bits per heavy atom. The third kappa shape index (κ3) is 5.00. The van der Waals surface area contributed by atoms with Crippen LogP contribution in [0.1, 0.15) is 31.2 Å². The van der Waals surface area contributed by atoms with Gasteiger partial charge in [-0.25, -0.2) is 4.98 Å². The van der Waals surface area contributed by atoms with Crippen molar-refractivity contribution >= 4 is 22.7 Å². The first-order chi connectivity index (χ1) is 14.6. The third-order valence-electron chi connectivity index (χ3n) is 5.86. The van der Waals surface area contributed by atoms with Crippen LogP contribution in [0.5, 0.6) is 5.75 Å². The van der Waals surface area contributed by atoms with Crippen LogP contribution < -0.4 is 15.5 Å². The van der Waals surface area contributed by atoms with Crippen molar-refractivity contribution < 1.29 is 5.11 Å². The molecule has 158 valence electrons. The van der Waals surface area contributed by atoms with Gasteiger partial charge in [0.2, 0.25) is 5.95 Å². The Bertz CT molecular complexity index is 982. The first-order valence-corrected chi connectivity index (χ1v) is 10.8. The number of nitrogens with one attached hydrogen (secondary N) is 2. The number of aromatic hydroxyl groups is 1. The summed E-state index contributed by atoms with van der Waals surface area (Å²) >= 11 is 0. The Labute approximate surface area is 178 Å². The highest BCUT2D eigenvalue weighted by Gasteiger charge is 2.22. The highest BCUT2D eigenvalue weighted by molar-refractivity contribution is 5.90. The molecular weight excluding hydrogens is 374 g/mol. The van der Waals surface area contributed by atoms with E-state index in [9.17, 15) is 5.11 Å². The zero-order chi connectivity index (χ0) is 20.9. The fourth-order valence-corrected chi connectivity index (χ4v) is 4.25. The number of nitrogens with zero attached hydrogens (tertiary/aromatic N) is 3. The predicted octanol–water partition coefficient (Wildman–Crippen LogP) is 4.16. The summed E-state index contributed by atoms with van der Waals surface area (Å²) in [5.74, 6) is 2.69. The summed E-state index contributed by atoms with van der Waals surface area (Å²) < 4.78 is 0. The van der Waals surface area contributed by atoms with Crippen LogP contribution in [-0.4, -0.2) is 41.8 Å². The number of aromatic nitrogens is 2. The van der Waals surface area contributed by atoms with Gasteiger partial charge in [0.25, 0.3) is 0 Å². The number of fused-ring (bicyclic) bond motifs is 1. The van der Waals surface area contributed by atoms with Gasteiger partial charge in [0.1, 0.15) is 11.6 Å². The molecular formula is C24H31N5O. The molecule has 1 aromatic heterocycles. The zero-order valence-corrected chi connectivity index (χ0v) is 17.8. The van der Waals surface area contributed by atoms with Crippen LogP contribution in [0.4, 0.5) is 11.8 Å². The average molecular weight is 406 g/mol. The van der Waals surface area contributed by atoms with E-state index in [4.69, 9.17) is 9.97 Å². The first kappa shape index (κ1) is 20.4. The lowest BCUT2D eigenvalue weighted by molar-refractivity contribution is 0.323. The molecule has 1 heterocycles. The second-order valence-electron chi connectivity index (χ2n) is 8.45. The van der Waals surface area contributed by atoms with Crippen molar-refractivity contribution in [2.75, 3.05) is 30.9 Å². The van der Waals surface area contributed by atoms with Crippen LogP contribution in [-0.2, 0) is 6.54 Å². The Kier molecular flexibility index (Phi) is 6.33. The van der Waals surface area contributed by atoms with E-state index in [2.05, 4.69) is 16.7 Å². The summed E-state index contributed by atoms with van der Waals surface area (Å²) in [5.41, 5.74) is 2.10. The summed E-state index contributed by atoms with van der Waals surface area (Å²) in [6.07, 6.45) is 4.65. The molecule has 3 aromatic rings. The van der Waals surface area contributed by atoms with E-state index < -0.39 is 0 Å². The summed E-state index contributed by atoms with van der Waals surface area (Å²) in [7, 11) is 4.04. The predicted molar refractivity (Wildman–Crippen MR) is 123 cm³/mol. The monoisotopic (exact) mass is 405 g/mol. The average Bonchev–Trinajstić information content (AvgIpc) is 2.74. The number of anilines is 2. The number of rotatable bonds is 7. The number of para-hydroxylation sites is 1. The van der Waals surface area contributed by atoms with Crippen molar-refractivity contribution in [3.8, 4) is 5.75 Å². The molecule has 3 N–H and O–H groups in total. The Morgan fingerprint density at radius 2 is 1.80 bits per heavy atom. The van der Waals surface area contributed by atoms with Crippen LogP contribution in [0.15, 0.2) is 48.5 Å². The lowest BCUT2D eigenvalue weighted by atomic mass is 9.86. The van der Waals surface area contributed by atoms with Crippen molar-refractivity contribution in [2.24, 2.45) is 5.92 Å². The Hall–Kier alpha value is -2.86. The van der Waals surface area contributed by atoms with Crippen molar-refractivity contribution in [2.45, 2.75) is 38.3 Å². The summed E-state index contributed by atoms with van der Waals surface area (Å²) in [6, 6.07) is 16.0. The van der Waals surface area contributed by atoms with Crippen LogP contribution >= 0.6 is 0 Å². The molecule has 1 aliphatic carbocycles. The van der Waals surface area contributed by atoms with E-state index in [1.165, 1.54) is 12.8 Å². The molecule has 30 heavy (non-hydrogen) atoms. The maximum Gasteiger partial charge on any atom is 0.225 e. The zero-order valence-electron chi connectivity index (χ0n) is 17.8. The molecule has 1 fully saturated rings. The molecule has 6 heteroatoms. The summed E-state index contributed by atoms with van der Waals surface area (Å²) in [5, 5.41) is 17.8. The Balaban J connectivity index is 1.29. The van der Waals surface area contributed by atoms with Crippen LogP contribution in [0.25, 0.3) is 10.9 Å². The molecule has 4 rings (SSSR count). The number of phenols is 1. The minimum atomic E-state index is 0.328.